The number of amides is 2. The van der Waals surface area contributed by atoms with Crippen molar-refractivity contribution in [1.29, 1.82) is 0 Å². The minimum absolute atomic E-state index is 0.0697. The van der Waals surface area contributed by atoms with Crippen LogP contribution in [-0.4, -0.2) is 38.2 Å². The molecule has 7 heteroatoms. The highest BCUT2D eigenvalue weighted by molar-refractivity contribution is 6.32. The third-order valence-electron chi connectivity index (χ3n) is 4.31. The quantitative estimate of drug-likeness (QED) is 0.793. The summed E-state index contributed by atoms with van der Waals surface area (Å²) in [6.07, 6.45) is 2.04. The standard InChI is InChI=1S/C20H21ClN2O4/c1-26-18-8-7-15(11-17(18)21)23-20(25)14-5-2-4-13(10-14)19(24)22-12-16-6-3-9-27-16/h2,4-5,7-8,10-11,16H,3,6,9,12H2,1H3,(H,22,24)(H,23,25). The number of carbonyl (C=O) groups is 2. The van der Waals surface area contributed by atoms with Crippen molar-refractivity contribution >= 4 is 29.1 Å². The maximum atomic E-state index is 12.5. The molecule has 1 aliphatic heterocycles. The van der Waals surface area contributed by atoms with Gasteiger partial charge in [-0.3, -0.25) is 9.59 Å². The van der Waals surface area contributed by atoms with Crippen LogP contribution in [0.1, 0.15) is 33.6 Å². The SMILES string of the molecule is COc1ccc(NC(=O)c2cccc(C(=O)NCC3CCCO3)c2)cc1Cl. The second kappa shape index (κ2) is 8.88. The molecule has 2 aromatic carbocycles. The first-order valence-corrected chi connectivity index (χ1v) is 9.09. The highest BCUT2D eigenvalue weighted by Crippen LogP contribution is 2.27. The largest absolute Gasteiger partial charge is 0.495 e. The van der Waals surface area contributed by atoms with Crippen LogP contribution in [-0.2, 0) is 4.74 Å². The fourth-order valence-corrected chi connectivity index (χ4v) is 3.12. The van der Waals surface area contributed by atoms with Crippen LogP contribution < -0.4 is 15.4 Å². The van der Waals surface area contributed by atoms with Crippen LogP contribution in [0.5, 0.6) is 5.75 Å². The van der Waals surface area contributed by atoms with Crippen LogP contribution in [0.15, 0.2) is 42.5 Å². The number of halogens is 1. The van der Waals surface area contributed by atoms with Crippen molar-refractivity contribution in [2.24, 2.45) is 0 Å². The molecule has 1 fully saturated rings. The molecule has 2 aromatic rings. The molecule has 1 saturated heterocycles. The molecule has 0 aromatic heterocycles. The highest BCUT2D eigenvalue weighted by Gasteiger charge is 2.17. The predicted octanol–water partition coefficient (Wildman–Crippen LogP) is 3.51. The Bertz CT molecular complexity index is 834. The lowest BCUT2D eigenvalue weighted by molar-refractivity contribution is 0.0858. The van der Waals surface area contributed by atoms with Gasteiger partial charge < -0.3 is 20.1 Å². The lowest BCUT2D eigenvalue weighted by atomic mass is 10.1. The van der Waals surface area contributed by atoms with Crippen molar-refractivity contribution in [2.45, 2.75) is 18.9 Å². The van der Waals surface area contributed by atoms with E-state index in [1.54, 1.807) is 42.5 Å². The predicted molar refractivity (Wildman–Crippen MR) is 104 cm³/mol. The number of carbonyl (C=O) groups excluding carboxylic acids is 2. The molecular formula is C20H21ClN2O4. The fourth-order valence-electron chi connectivity index (χ4n) is 2.86. The van der Waals surface area contributed by atoms with Gasteiger partial charge >= 0.3 is 0 Å². The van der Waals surface area contributed by atoms with E-state index in [4.69, 9.17) is 21.1 Å². The van der Waals surface area contributed by atoms with Crippen molar-refractivity contribution < 1.29 is 19.1 Å². The number of methoxy groups -OCH3 is 1. The zero-order valence-electron chi connectivity index (χ0n) is 15.0. The van der Waals surface area contributed by atoms with Crippen molar-refractivity contribution in [3.8, 4) is 5.75 Å². The first-order valence-electron chi connectivity index (χ1n) is 8.71. The number of anilines is 1. The number of benzene rings is 2. The van der Waals surface area contributed by atoms with Gasteiger partial charge in [0.25, 0.3) is 11.8 Å². The van der Waals surface area contributed by atoms with E-state index >= 15 is 0 Å². The van der Waals surface area contributed by atoms with E-state index in [2.05, 4.69) is 10.6 Å². The van der Waals surface area contributed by atoms with Crippen molar-refractivity contribution in [3.05, 3.63) is 58.6 Å². The molecule has 1 aliphatic rings. The Hall–Kier alpha value is -2.57. The van der Waals surface area contributed by atoms with Gasteiger partial charge in [0.15, 0.2) is 0 Å². The molecule has 2 amide bonds. The van der Waals surface area contributed by atoms with Gasteiger partial charge in [-0.05, 0) is 49.2 Å². The monoisotopic (exact) mass is 388 g/mol. The van der Waals surface area contributed by atoms with Gasteiger partial charge in [-0.15, -0.1) is 0 Å². The Morgan fingerprint density at radius 3 is 2.63 bits per heavy atom. The van der Waals surface area contributed by atoms with E-state index in [0.717, 1.165) is 19.4 Å². The molecular weight excluding hydrogens is 368 g/mol. The minimum atomic E-state index is -0.329. The van der Waals surface area contributed by atoms with E-state index in [-0.39, 0.29) is 17.9 Å². The van der Waals surface area contributed by atoms with E-state index in [1.807, 2.05) is 0 Å². The highest BCUT2D eigenvalue weighted by atomic mass is 35.5. The lowest BCUT2D eigenvalue weighted by Crippen LogP contribution is -2.31. The van der Waals surface area contributed by atoms with Crippen molar-refractivity contribution in [2.75, 3.05) is 25.6 Å². The smallest absolute Gasteiger partial charge is 0.255 e. The Balaban J connectivity index is 1.64. The molecule has 1 heterocycles. The third kappa shape index (κ3) is 4.99. The lowest BCUT2D eigenvalue weighted by Gasteiger charge is -2.11. The number of rotatable bonds is 6. The van der Waals surface area contributed by atoms with Gasteiger partial charge in [0.1, 0.15) is 5.75 Å². The van der Waals surface area contributed by atoms with E-state index in [1.165, 1.54) is 7.11 Å². The summed E-state index contributed by atoms with van der Waals surface area (Å²) < 4.78 is 10.6. The number of hydrogen-bond donors (Lipinski definition) is 2. The fraction of sp³-hybridized carbons (Fsp3) is 0.300. The van der Waals surface area contributed by atoms with Crippen molar-refractivity contribution in [3.63, 3.8) is 0 Å². The molecule has 0 saturated carbocycles. The van der Waals surface area contributed by atoms with Crippen LogP contribution in [0.2, 0.25) is 5.02 Å². The molecule has 0 aliphatic carbocycles. The molecule has 0 bridgehead atoms. The number of nitrogens with one attached hydrogen (secondary N) is 2. The maximum absolute atomic E-state index is 12.5. The minimum Gasteiger partial charge on any atom is -0.495 e. The zero-order valence-corrected chi connectivity index (χ0v) is 15.7. The molecule has 27 heavy (non-hydrogen) atoms. The Kier molecular flexibility index (Phi) is 6.32. The Labute approximate surface area is 162 Å². The van der Waals surface area contributed by atoms with E-state index in [9.17, 15) is 9.59 Å². The summed E-state index contributed by atoms with van der Waals surface area (Å²) in [7, 11) is 1.52. The molecule has 142 valence electrons. The van der Waals surface area contributed by atoms with Gasteiger partial charge in [-0.1, -0.05) is 17.7 Å². The van der Waals surface area contributed by atoms with Gasteiger partial charge in [0, 0.05) is 30.0 Å². The van der Waals surface area contributed by atoms with Crippen LogP contribution in [0.3, 0.4) is 0 Å². The van der Waals surface area contributed by atoms with Crippen LogP contribution in [0.25, 0.3) is 0 Å². The molecule has 2 N–H and O–H groups in total. The Morgan fingerprint density at radius 2 is 1.96 bits per heavy atom. The summed E-state index contributed by atoms with van der Waals surface area (Å²) in [4.78, 5) is 24.8. The summed E-state index contributed by atoms with van der Waals surface area (Å²) >= 11 is 6.07. The van der Waals surface area contributed by atoms with Gasteiger partial charge in [-0.25, -0.2) is 0 Å². The third-order valence-corrected chi connectivity index (χ3v) is 4.61. The molecule has 0 radical (unpaired) electrons. The second-order valence-corrected chi connectivity index (χ2v) is 6.64. The molecule has 3 rings (SSSR count). The summed E-state index contributed by atoms with van der Waals surface area (Å²) in [5.74, 6) is -0.0303. The van der Waals surface area contributed by atoms with Gasteiger partial charge in [-0.2, -0.15) is 0 Å². The van der Waals surface area contributed by atoms with Crippen LogP contribution >= 0.6 is 11.6 Å². The maximum Gasteiger partial charge on any atom is 0.255 e. The van der Waals surface area contributed by atoms with Crippen molar-refractivity contribution in [1.82, 2.24) is 5.32 Å². The Morgan fingerprint density at radius 1 is 1.19 bits per heavy atom. The van der Waals surface area contributed by atoms with Gasteiger partial charge in [0.05, 0.1) is 18.2 Å². The summed E-state index contributed by atoms with van der Waals surface area (Å²) in [6.45, 7) is 1.21. The van der Waals surface area contributed by atoms with Gasteiger partial charge in [0.2, 0.25) is 0 Å². The zero-order chi connectivity index (χ0) is 19.2. The molecule has 0 spiro atoms. The number of hydrogen-bond acceptors (Lipinski definition) is 4. The van der Waals surface area contributed by atoms with E-state index < -0.39 is 0 Å². The topological polar surface area (TPSA) is 76.7 Å². The summed E-state index contributed by atoms with van der Waals surface area (Å²) in [5.41, 5.74) is 1.35. The first-order chi connectivity index (χ1) is 13.1. The van der Waals surface area contributed by atoms with Crippen LogP contribution in [0, 0.1) is 0 Å². The number of ether oxygens (including phenoxy) is 2. The average Bonchev–Trinajstić information content (AvgIpc) is 3.20. The molecule has 1 unspecified atom stereocenters. The normalized spacial score (nSPS) is 16.0. The molecule has 6 nitrogen and oxygen atoms in total. The average molecular weight is 389 g/mol. The van der Waals surface area contributed by atoms with Crippen LogP contribution in [0.4, 0.5) is 5.69 Å². The van der Waals surface area contributed by atoms with E-state index in [0.29, 0.717) is 34.1 Å². The summed E-state index contributed by atoms with van der Waals surface area (Å²) in [6, 6.07) is 11.5. The first kappa shape index (κ1) is 19.2. The second-order valence-electron chi connectivity index (χ2n) is 6.23. The summed E-state index contributed by atoms with van der Waals surface area (Å²) in [5, 5.41) is 6.01. The molecule has 1 atom stereocenters.